The number of ether oxygens (including phenoxy) is 1. The normalized spacial score (nSPS) is 45.5. The fraction of sp³-hybridized carbons (Fsp3) is 1.00. The summed E-state index contributed by atoms with van der Waals surface area (Å²) >= 11 is 6.08. The lowest BCUT2D eigenvalue weighted by atomic mass is 9.97. The van der Waals surface area contributed by atoms with Crippen LogP contribution in [0.15, 0.2) is 0 Å². The standard InChI is InChI=1S/C10H17ClO/c1-2-5-12-10-4-3-9(11)6-8(10)7-10/h8-9H,2-7H2,1H3. The van der Waals surface area contributed by atoms with Crippen LogP contribution < -0.4 is 0 Å². The van der Waals surface area contributed by atoms with Gasteiger partial charge in [-0.2, -0.15) is 0 Å². The van der Waals surface area contributed by atoms with E-state index < -0.39 is 0 Å². The van der Waals surface area contributed by atoms with E-state index in [-0.39, 0.29) is 0 Å². The zero-order valence-electron chi connectivity index (χ0n) is 7.68. The molecule has 70 valence electrons. The Hall–Kier alpha value is 0.250. The molecule has 3 atom stereocenters. The lowest BCUT2D eigenvalue weighted by molar-refractivity contribution is 0.00438. The summed E-state index contributed by atoms with van der Waals surface area (Å²) < 4.78 is 5.88. The van der Waals surface area contributed by atoms with Gasteiger partial charge in [0.25, 0.3) is 0 Å². The highest BCUT2D eigenvalue weighted by Crippen LogP contribution is 2.57. The molecule has 2 rings (SSSR count). The minimum Gasteiger partial charge on any atom is -0.375 e. The molecule has 2 fully saturated rings. The van der Waals surface area contributed by atoms with Gasteiger partial charge in [0, 0.05) is 12.0 Å². The molecule has 0 amide bonds. The van der Waals surface area contributed by atoms with E-state index in [0.717, 1.165) is 25.4 Å². The van der Waals surface area contributed by atoms with Crippen molar-refractivity contribution in [2.45, 2.75) is 50.0 Å². The third-order valence-corrected chi connectivity index (χ3v) is 3.59. The smallest absolute Gasteiger partial charge is 0.0716 e. The molecule has 0 saturated heterocycles. The maximum Gasteiger partial charge on any atom is 0.0716 e. The molecule has 0 heterocycles. The number of hydrogen-bond acceptors (Lipinski definition) is 1. The Kier molecular flexibility index (Phi) is 2.35. The van der Waals surface area contributed by atoms with Crippen LogP contribution in [0.1, 0.15) is 39.0 Å². The van der Waals surface area contributed by atoms with Gasteiger partial charge in [0.05, 0.1) is 5.60 Å². The van der Waals surface area contributed by atoms with Crippen molar-refractivity contribution in [3.8, 4) is 0 Å². The van der Waals surface area contributed by atoms with Crippen molar-refractivity contribution in [2.75, 3.05) is 6.61 Å². The molecule has 0 bridgehead atoms. The van der Waals surface area contributed by atoms with Gasteiger partial charge in [-0.05, 0) is 38.0 Å². The molecule has 0 spiro atoms. The summed E-state index contributed by atoms with van der Waals surface area (Å²) in [5.41, 5.74) is 0.293. The van der Waals surface area contributed by atoms with Gasteiger partial charge in [0.2, 0.25) is 0 Å². The van der Waals surface area contributed by atoms with E-state index >= 15 is 0 Å². The highest BCUT2D eigenvalue weighted by Gasteiger charge is 2.57. The third-order valence-electron chi connectivity index (χ3n) is 3.19. The quantitative estimate of drug-likeness (QED) is 0.619. The van der Waals surface area contributed by atoms with Gasteiger partial charge in [-0.3, -0.25) is 0 Å². The van der Waals surface area contributed by atoms with E-state index in [1.54, 1.807) is 0 Å². The van der Waals surface area contributed by atoms with Crippen LogP contribution in [0.3, 0.4) is 0 Å². The maximum absolute atomic E-state index is 6.08. The Labute approximate surface area is 79.4 Å². The molecule has 3 unspecified atom stereocenters. The fourth-order valence-corrected chi connectivity index (χ4v) is 2.67. The summed E-state index contributed by atoms with van der Waals surface area (Å²) in [4.78, 5) is 0. The second kappa shape index (κ2) is 3.19. The predicted molar refractivity (Wildman–Crippen MR) is 50.6 cm³/mol. The van der Waals surface area contributed by atoms with Crippen molar-refractivity contribution >= 4 is 11.6 Å². The molecule has 1 nitrogen and oxygen atoms in total. The molecule has 0 aromatic carbocycles. The van der Waals surface area contributed by atoms with Crippen LogP contribution in [0.5, 0.6) is 0 Å². The molecule has 0 aromatic rings. The highest BCUT2D eigenvalue weighted by molar-refractivity contribution is 6.20. The van der Waals surface area contributed by atoms with Crippen LogP contribution in [0.2, 0.25) is 0 Å². The number of alkyl halides is 1. The van der Waals surface area contributed by atoms with Gasteiger partial charge in [-0.25, -0.2) is 0 Å². The van der Waals surface area contributed by atoms with Crippen molar-refractivity contribution in [3.05, 3.63) is 0 Å². The first-order chi connectivity index (χ1) is 5.77. The summed E-state index contributed by atoms with van der Waals surface area (Å²) in [7, 11) is 0. The zero-order chi connectivity index (χ0) is 8.60. The molecule has 12 heavy (non-hydrogen) atoms. The molecule has 2 heteroatoms. The average molecular weight is 189 g/mol. The van der Waals surface area contributed by atoms with Crippen molar-refractivity contribution in [3.63, 3.8) is 0 Å². The summed E-state index contributed by atoms with van der Waals surface area (Å²) in [5.74, 6) is 0.792. The summed E-state index contributed by atoms with van der Waals surface area (Å²) in [6.45, 7) is 3.10. The second-order valence-electron chi connectivity index (χ2n) is 4.19. The van der Waals surface area contributed by atoms with Crippen molar-refractivity contribution in [1.82, 2.24) is 0 Å². The Balaban J connectivity index is 1.83. The lowest BCUT2D eigenvalue weighted by Crippen LogP contribution is -2.25. The molecular weight excluding hydrogens is 172 g/mol. The summed E-state index contributed by atoms with van der Waals surface area (Å²) in [5, 5.41) is 0.427. The van der Waals surface area contributed by atoms with Crippen LogP contribution in [-0.2, 0) is 4.74 Å². The van der Waals surface area contributed by atoms with Crippen LogP contribution in [0.25, 0.3) is 0 Å². The van der Waals surface area contributed by atoms with E-state index in [2.05, 4.69) is 6.92 Å². The first-order valence-electron chi connectivity index (χ1n) is 5.05. The largest absolute Gasteiger partial charge is 0.375 e. The van der Waals surface area contributed by atoms with Crippen LogP contribution in [-0.4, -0.2) is 17.6 Å². The molecule has 2 aliphatic carbocycles. The topological polar surface area (TPSA) is 9.23 Å². The van der Waals surface area contributed by atoms with E-state index in [9.17, 15) is 0 Å². The van der Waals surface area contributed by atoms with Crippen molar-refractivity contribution < 1.29 is 4.74 Å². The predicted octanol–water partition coefficient (Wildman–Crippen LogP) is 2.96. The van der Waals surface area contributed by atoms with Crippen molar-refractivity contribution in [1.29, 1.82) is 0 Å². The zero-order valence-corrected chi connectivity index (χ0v) is 8.44. The first kappa shape index (κ1) is 8.83. The monoisotopic (exact) mass is 188 g/mol. The van der Waals surface area contributed by atoms with E-state index in [1.165, 1.54) is 19.3 Å². The Morgan fingerprint density at radius 2 is 2.42 bits per heavy atom. The number of hydrogen-bond donors (Lipinski definition) is 0. The van der Waals surface area contributed by atoms with E-state index in [0.29, 0.717) is 11.0 Å². The van der Waals surface area contributed by atoms with Gasteiger partial charge >= 0.3 is 0 Å². The van der Waals surface area contributed by atoms with E-state index in [1.807, 2.05) is 0 Å². The number of fused-ring (bicyclic) bond motifs is 1. The summed E-state index contributed by atoms with van der Waals surface area (Å²) in [6, 6.07) is 0. The Bertz CT molecular complexity index is 167. The van der Waals surface area contributed by atoms with Gasteiger partial charge < -0.3 is 4.74 Å². The third kappa shape index (κ3) is 1.49. The summed E-state index contributed by atoms with van der Waals surface area (Å²) in [6.07, 6.45) is 5.95. The maximum atomic E-state index is 6.08. The molecule has 0 radical (unpaired) electrons. The first-order valence-corrected chi connectivity index (χ1v) is 5.48. The Morgan fingerprint density at radius 3 is 3.08 bits per heavy atom. The molecule has 0 aromatic heterocycles. The van der Waals surface area contributed by atoms with Gasteiger partial charge in [0.15, 0.2) is 0 Å². The average Bonchev–Trinajstić information content (AvgIpc) is 2.75. The van der Waals surface area contributed by atoms with Crippen LogP contribution >= 0.6 is 11.6 Å². The van der Waals surface area contributed by atoms with Crippen molar-refractivity contribution in [2.24, 2.45) is 5.92 Å². The number of rotatable bonds is 3. The van der Waals surface area contributed by atoms with Gasteiger partial charge in [-0.15, -0.1) is 11.6 Å². The minimum atomic E-state index is 0.293. The Morgan fingerprint density at radius 1 is 1.58 bits per heavy atom. The molecule has 2 aliphatic rings. The van der Waals surface area contributed by atoms with E-state index in [4.69, 9.17) is 16.3 Å². The fourth-order valence-electron chi connectivity index (χ4n) is 2.34. The second-order valence-corrected chi connectivity index (χ2v) is 4.80. The SMILES string of the molecule is CCCOC12CCC(Cl)CC1C2. The van der Waals surface area contributed by atoms with Crippen LogP contribution in [0.4, 0.5) is 0 Å². The van der Waals surface area contributed by atoms with Gasteiger partial charge in [0.1, 0.15) is 0 Å². The molecular formula is C10H17ClO. The molecule has 2 saturated carbocycles. The lowest BCUT2D eigenvalue weighted by Gasteiger charge is -2.25. The van der Waals surface area contributed by atoms with Gasteiger partial charge in [-0.1, -0.05) is 6.92 Å². The van der Waals surface area contributed by atoms with Crippen LogP contribution in [0, 0.1) is 5.92 Å². The molecule has 0 N–H and O–H groups in total. The minimum absolute atomic E-state index is 0.293. The number of halogens is 1. The highest BCUT2D eigenvalue weighted by atomic mass is 35.5. The molecule has 0 aliphatic heterocycles.